The van der Waals surface area contributed by atoms with Gasteiger partial charge in [-0.2, -0.15) is 0 Å². The van der Waals surface area contributed by atoms with E-state index in [-0.39, 0.29) is 17.9 Å². The lowest BCUT2D eigenvalue weighted by molar-refractivity contribution is -0.114. The van der Waals surface area contributed by atoms with Gasteiger partial charge in [-0.15, -0.1) is 0 Å². The first-order valence-corrected chi connectivity index (χ1v) is 7.40. The maximum absolute atomic E-state index is 12.3. The largest absolute Gasteiger partial charge is 0.491 e. The van der Waals surface area contributed by atoms with Crippen LogP contribution in [0.3, 0.4) is 0 Å². The molecule has 0 saturated carbocycles. The van der Waals surface area contributed by atoms with Gasteiger partial charge in [0.05, 0.1) is 17.5 Å². The molecule has 2 aromatic carbocycles. The molecule has 120 valence electrons. The molecule has 2 aromatic rings. The molecule has 0 bridgehead atoms. The second kappa shape index (κ2) is 7.45. The first-order chi connectivity index (χ1) is 11.0. The Hall–Kier alpha value is -2.82. The molecule has 0 aliphatic rings. The molecule has 0 aliphatic heterocycles. The summed E-state index contributed by atoms with van der Waals surface area (Å²) < 4.78 is 5.55. The summed E-state index contributed by atoms with van der Waals surface area (Å²) in [5.74, 6) is 0.274. The monoisotopic (exact) mass is 312 g/mol. The van der Waals surface area contributed by atoms with E-state index in [1.165, 1.54) is 6.92 Å². The molecule has 0 aromatic heterocycles. The van der Waals surface area contributed by atoms with Gasteiger partial charge in [0.2, 0.25) is 5.91 Å². The summed E-state index contributed by atoms with van der Waals surface area (Å²) in [5, 5.41) is 5.49. The molecular formula is C18H20N2O3. The number of para-hydroxylation sites is 2. The van der Waals surface area contributed by atoms with Gasteiger partial charge in [-0.25, -0.2) is 0 Å². The molecule has 0 heterocycles. The predicted octanol–water partition coefficient (Wildman–Crippen LogP) is 3.68. The van der Waals surface area contributed by atoms with Crippen LogP contribution in [-0.4, -0.2) is 17.9 Å². The average Bonchev–Trinajstić information content (AvgIpc) is 2.49. The zero-order chi connectivity index (χ0) is 16.8. The fourth-order valence-corrected chi connectivity index (χ4v) is 2.04. The van der Waals surface area contributed by atoms with Gasteiger partial charge in [0.1, 0.15) is 5.75 Å². The van der Waals surface area contributed by atoms with Gasteiger partial charge in [0.25, 0.3) is 5.91 Å². The van der Waals surface area contributed by atoms with Crippen molar-refractivity contribution in [2.24, 2.45) is 0 Å². The summed E-state index contributed by atoms with van der Waals surface area (Å²) in [6.45, 7) is 5.31. The highest BCUT2D eigenvalue weighted by Crippen LogP contribution is 2.22. The van der Waals surface area contributed by atoms with Crippen LogP contribution in [0.5, 0.6) is 5.75 Å². The number of anilines is 2. The van der Waals surface area contributed by atoms with Crippen LogP contribution in [0.15, 0.2) is 48.5 Å². The van der Waals surface area contributed by atoms with E-state index in [9.17, 15) is 9.59 Å². The highest BCUT2D eigenvalue weighted by Gasteiger charge is 2.10. The Morgan fingerprint density at radius 2 is 1.48 bits per heavy atom. The molecule has 0 radical (unpaired) electrons. The van der Waals surface area contributed by atoms with Gasteiger partial charge in [-0.1, -0.05) is 12.1 Å². The van der Waals surface area contributed by atoms with Crippen LogP contribution in [0.25, 0.3) is 0 Å². The van der Waals surface area contributed by atoms with Crippen LogP contribution in [0.4, 0.5) is 11.4 Å². The summed E-state index contributed by atoms with van der Waals surface area (Å²) in [5.41, 5.74) is 1.63. The lowest BCUT2D eigenvalue weighted by Crippen LogP contribution is -2.15. The maximum Gasteiger partial charge on any atom is 0.255 e. The number of rotatable bonds is 5. The summed E-state index contributed by atoms with van der Waals surface area (Å²) in [6, 6.07) is 14.0. The van der Waals surface area contributed by atoms with Crippen molar-refractivity contribution in [1.82, 2.24) is 0 Å². The van der Waals surface area contributed by atoms with Crippen LogP contribution in [0.2, 0.25) is 0 Å². The normalized spacial score (nSPS) is 10.3. The second-order valence-corrected chi connectivity index (χ2v) is 5.37. The minimum atomic E-state index is -0.251. The molecule has 2 amide bonds. The summed E-state index contributed by atoms with van der Waals surface area (Å²) in [7, 11) is 0. The van der Waals surface area contributed by atoms with Crippen LogP contribution < -0.4 is 15.4 Å². The number of hydrogen-bond donors (Lipinski definition) is 2. The topological polar surface area (TPSA) is 67.4 Å². The number of nitrogens with one attached hydrogen (secondary N) is 2. The van der Waals surface area contributed by atoms with E-state index in [1.807, 2.05) is 13.8 Å². The number of benzene rings is 2. The van der Waals surface area contributed by atoms with E-state index in [0.717, 1.165) is 5.75 Å². The molecule has 23 heavy (non-hydrogen) atoms. The Kier molecular flexibility index (Phi) is 5.36. The second-order valence-electron chi connectivity index (χ2n) is 5.37. The Balaban J connectivity index is 2.11. The molecule has 5 nitrogen and oxygen atoms in total. The summed E-state index contributed by atoms with van der Waals surface area (Å²) in [4.78, 5) is 23.5. The molecule has 2 rings (SSSR count). The lowest BCUT2D eigenvalue weighted by atomic mass is 10.2. The number of carbonyl (C=O) groups excluding carboxylic acids is 2. The van der Waals surface area contributed by atoms with E-state index in [0.29, 0.717) is 16.9 Å². The number of ether oxygens (including phenoxy) is 1. The standard InChI is InChI=1S/C18H20N2O3/c1-12(2)23-15-10-8-14(9-11-15)18(22)20-17-7-5-4-6-16(17)19-13(3)21/h4-12H,1-3H3,(H,19,21)(H,20,22). The molecule has 2 N–H and O–H groups in total. The third-order valence-electron chi connectivity index (χ3n) is 2.97. The third-order valence-corrected chi connectivity index (χ3v) is 2.97. The fourth-order valence-electron chi connectivity index (χ4n) is 2.04. The van der Waals surface area contributed by atoms with Crippen LogP contribution in [0, 0.1) is 0 Å². The summed E-state index contributed by atoms with van der Waals surface area (Å²) >= 11 is 0. The highest BCUT2D eigenvalue weighted by molar-refractivity contribution is 6.07. The Morgan fingerprint density at radius 1 is 0.913 bits per heavy atom. The van der Waals surface area contributed by atoms with E-state index < -0.39 is 0 Å². The van der Waals surface area contributed by atoms with Crippen LogP contribution >= 0.6 is 0 Å². The van der Waals surface area contributed by atoms with Crippen LogP contribution in [0.1, 0.15) is 31.1 Å². The van der Waals surface area contributed by atoms with Crippen molar-refractivity contribution in [2.45, 2.75) is 26.9 Å². The van der Waals surface area contributed by atoms with Crippen molar-refractivity contribution in [3.05, 3.63) is 54.1 Å². The first-order valence-electron chi connectivity index (χ1n) is 7.40. The first kappa shape index (κ1) is 16.5. The van der Waals surface area contributed by atoms with Gasteiger partial charge >= 0.3 is 0 Å². The summed E-state index contributed by atoms with van der Waals surface area (Å²) in [6.07, 6.45) is 0.0826. The SMILES string of the molecule is CC(=O)Nc1ccccc1NC(=O)c1ccc(OC(C)C)cc1. The molecule has 0 saturated heterocycles. The van der Waals surface area contributed by atoms with Gasteiger partial charge in [-0.05, 0) is 50.2 Å². The number of carbonyl (C=O) groups is 2. The molecular weight excluding hydrogens is 292 g/mol. The van der Waals surface area contributed by atoms with Crippen LogP contribution in [-0.2, 0) is 4.79 Å². The minimum Gasteiger partial charge on any atom is -0.491 e. The van der Waals surface area contributed by atoms with E-state index in [2.05, 4.69) is 10.6 Å². The zero-order valence-electron chi connectivity index (χ0n) is 13.4. The highest BCUT2D eigenvalue weighted by atomic mass is 16.5. The van der Waals surface area contributed by atoms with Crippen molar-refractivity contribution in [1.29, 1.82) is 0 Å². The molecule has 5 heteroatoms. The van der Waals surface area contributed by atoms with Crippen molar-refractivity contribution in [3.8, 4) is 5.75 Å². The van der Waals surface area contributed by atoms with Crippen molar-refractivity contribution < 1.29 is 14.3 Å². The average molecular weight is 312 g/mol. The molecule has 0 fully saturated rings. The smallest absolute Gasteiger partial charge is 0.255 e. The molecule has 0 atom stereocenters. The quantitative estimate of drug-likeness (QED) is 0.885. The Labute approximate surface area is 135 Å². The van der Waals surface area contributed by atoms with E-state index in [4.69, 9.17) is 4.74 Å². The predicted molar refractivity (Wildman–Crippen MR) is 90.9 cm³/mol. The van der Waals surface area contributed by atoms with Crippen molar-refractivity contribution in [3.63, 3.8) is 0 Å². The Bertz CT molecular complexity index is 694. The fraction of sp³-hybridized carbons (Fsp3) is 0.222. The lowest BCUT2D eigenvalue weighted by Gasteiger charge is -2.12. The van der Waals surface area contributed by atoms with Gasteiger partial charge in [0, 0.05) is 12.5 Å². The number of amides is 2. The number of hydrogen-bond acceptors (Lipinski definition) is 3. The van der Waals surface area contributed by atoms with E-state index in [1.54, 1.807) is 48.5 Å². The van der Waals surface area contributed by atoms with Gasteiger partial charge in [0.15, 0.2) is 0 Å². The maximum atomic E-state index is 12.3. The molecule has 0 aliphatic carbocycles. The Morgan fingerprint density at radius 3 is 2.00 bits per heavy atom. The third kappa shape index (κ3) is 4.85. The van der Waals surface area contributed by atoms with Gasteiger partial charge in [-0.3, -0.25) is 9.59 Å². The van der Waals surface area contributed by atoms with Crippen molar-refractivity contribution >= 4 is 23.2 Å². The molecule has 0 unspecified atom stereocenters. The van der Waals surface area contributed by atoms with Gasteiger partial charge < -0.3 is 15.4 Å². The van der Waals surface area contributed by atoms with E-state index >= 15 is 0 Å². The molecule has 0 spiro atoms. The van der Waals surface area contributed by atoms with Crippen molar-refractivity contribution in [2.75, 3.05) is 10.6 Å². The zero-order valence-corrected chi connectivity index (χ0v) is 13.4. The minimum absolute atomic E-state index is 0.0826.